The van der Waals surface area contributed by atoms with E-state index in [9.17, 15) is 0 Å². The molecule has 0 fully saturated rings. The van der Waals surface area contributed by atoms with E-state index in [2.05, 4.69) is 10.8 Å². The lowest BCUT2D eigenvalue weighted by molar-refractivity contribution is 0.0519. The average Bonchev–Trinajstić information content (AvgIpc) is 1.97. The molecule has 0 aliphatic carbocycles. The first-order valence-electron chi connectivity index (χ1n) is 3.67. The van der Waals surface area contributed by atoms with E-state index < -0.39 is 0 Å². The summed E-state index contributed by atoms with van der Waals surface area (Å²) < 4.78 is 0. The van der Waals surface area contributed by atoms with Gasteiger partial charge in [-0.1, -0.05) is 0 Å². The maximum Gasteiger partial charge on any atom is 0.0653 e. The number of nitrogens with two attached hydrogens (primary N) is 1. The third-order valence-electron chi connectivity index (χ3n) is 0.971. The fraction of sp³-hybridized carbons (Fsp3) is 1.00. The number of rotatable bonds is 7. The molecule has 0 radical (unpaired) electrons. The number of hydroxylamine groups is 1. The molecule has 0 atom stereocenters. The summed E-state index contributed by atoms with van der Waals surface area (Å²) in [5, 5.41) is 3.13. The van der Waals surface area contributed by atoms with E-state index in [4.69, 9.17) is 10.6 Å². The molecule has 0 amide bonds. The van der Waals surface area contributed by atoms with Gasteiger partial charge in [0.05, 0.1) is 6.61 Å². The molecule has 4 heteroatoms. The summed E-state index contributed by atoms with van der Waals surface area (Å²) in [6.45, 7) is 5.94. The molecular formula is C6H17N3O. The summed E-state index contributed by atoms with van der Waals surface area (Å²) in [6, 6.07) is 0. The van der Waals surface area contributed by atoms with Gasteiger partial charge in [0.15, 0.2) is 0 Å². The van der Waals surface area contributed by atoms with Gasteiger partial charge in [-0.25, -0.2) is 5.48 Å². The fourth-order valence-electron chi connectivity index (χ4n) is 0.541. The minimum Gasteiger partial charge on any atom is -0.329 e. The van der Waals surface area contributed by atoms with E-state index in [1.807, 2.05) is 6.92 Å². The quantitative estimate of drug-likeness (QED) is 0.322. The number of hydrogen-bond acceptors (Lipinski definition) is 4. The van der Waals surface area contributed by atoms with Crippen LogP contribution in [0.2, 0.25) is 0 Å². The first-order chi connectivity index (χ1) is 4.91. The summed E-state index contributed by atoms with van der Waals surface area (Å²) in [7, 11) is 0. The minimum absolute atomic E-state index is 0.689. The Morgan fingerprint density at radius 2 is 2.10 bits per heavy atom. The molecule has 62 valence electrons. The van der Waals surface area contributed by atoms with Crippen LogP contribution < -0.4 is 16.5 Å². The molecular weight excluding hydrogens is 130 g/mol. The van der Waals surface area contributed by atoms with Crippen molar-refractivity contribution in [3.8, 4) is 0 Å². The summed E-state index contributed by atoms with van der Waals surface area (Å²) in [5.41, 5.74) is 8.05. The van der Waals surface area contributed by atoms with Gasteiger partial charge in [-0.15, -0.1) is 0 Å². The molecule has 0 aliphatic rings. The summed E-state index contributed by atoms with van der Waals surface area (Å²) >= 11 is 0. The molecule has 4 nitrogen and oxygen atoms in total. The van der Waals surface area contributed by atoms with Crippen LogP contribution >= 0.6 is 0 Å². The van der Waals surface area contributed by atoms with Crippen molar-refractivity contribution in [2.24, 2.45) is 5.73 Å². The number of hydrogen-bond donors (Lipinski definition) is 3. The zero-order chi connectivity index (χ0) is 7.66. The molecule has 0 saturated carbocycles. The van der Waals surface area contributed by atoms with Gasteiger partial charge in [0.2, 0.25) is 0 Å². The third-order valence-corrected chi connectivity index (χ3v) is 0.971. The Morgan fingerprint density at radius 3 is 2.70 bits per heavy atom. The van der Waals surface area contributed by atoms with E-state index in [1.165, 1.54) is 0 Å². The topological polar surface area (TPSA) is 59.3 Å². The molecule has 0 heterocycles. The van der Waals surface area contributed by atoms with Crippen molar-refractivity contribution < 1.29 is 4.84 Å². The van der Waals surface area contributed by atoms with Gasteiger partial charge in [-0.2, -0.15) is 0 Å². The van der Waals surface area contributed by atoms with E-state index in [0.717, 1.165) is 19.6 Å². The molecule has 0 saturated heterocycles. The lowest BCUT2D eigenvalue weighted by atomic mass is 10.6. The van der Waals surface area contributed by atoms with E-state index in [-0.39, 0.29) is 0 Å². The predicted octanol–water partition coefficient (Wildman–Crippen LogP) is -0.924. The Kier molecular flexibility index (Phi) is 8.70. The van der Waals surface area contributed by atoms with E-state index in [0.29, 0.717) is 13.2 Å². The van der Waals surface area contributed by atoms with Crippen molar-refractivity contribution in [2.75, 3.05) is 32.8 Å². The number of nitrogens with one attached hydrogen (secondary N) is 2. The van der Waals surface area contributed by atoms with E-state index in [1.54, 1.807) is 0 Å². The van der Waals surface area contributed by atoms with Gasteiger partial charge in [-0.3, -0.25) is 0 Å². The zero-order valence-corrected chi connectivity index (χ0v) is 6.52. The molecule has 0 spiro atoms. The highest BCUT2D eigenvalue weighted by Crippen LogP contribution is 1.62. The van der Waals surface area contributed by atoms with Gasteiger partial charge in [-0.05, 0) is 6.92 Å². The molecule has 0 unspecified atom stereocenters. The Balaban J connectivity index is 2.65. The van der Waals surface area contributed by atoms with Crippen molar-refractivity contribution in [3.05, 3.63) is 0 Å². The van der Waals surface area contributed by atoms with Gasteiger partial charge in [0.1, 0.15) is 0 Å². The van der Waals surface area contributed by atoms with Crippen LogP contribution in [0.25, 0.3) is 0 Å². The van der Waals surface area contributed by atoms with Crippen LogP contribution in [-0.2, 0) is 4.84 Å². The van der Waals surface area contributed by atoms with Crippen molar-refractivity contribution in [1.29, 1.82) is 0 Å². The molecule has 0 aromatic rings. The molecule has 10 heavy (non-hydrogen) atoms. The van der Waals surface area contributed by atoms with Gasteiger partial charge >= 0.3 is 0 Å². The second-order valence-electron chi connectivity index (χ2n) is 1.87. The highest BCUT2D eigenvalue weighted by Gasteiger charge is 1.83. The van der Waals surface area contributed by atoms with Crippen LogP contribution in [0, 0.1) is 0 Å². The highest BCUT2D eigenvalue weighted by atomic mass is 16.6. The minimum atomic E-state index is 0.689. The molecule has 0 aromatic heterocycles. The molecule has 0 rings (SSSR count). The van der Waals surface area contributed by atoms with Crippen LogP contribution in [-0.4, -0.2) is 32.8 Å². The monoisotopic (exact) mass is 147 g/mol. The van der Waals surface area contributed by atoms with Crippen molar-refractivity contribution >= 4 is 0 Å². The third kappa shape index (κ3) is 7.84. The largest absolute Gasteiger partial charge is 0.329 e. The molecule has 0 aliphatic heterocycles. The van der Waals surface area contributed by atoms with Gasteiger partial charge in [0.25, 0.3) is 0 Å². The standard InChI is InChI=1S/C6H17N3O/c1-2-10-9-6-5-8-4-3-7/h8-9H,2-7H2,1H3. The first-order valence-corrected chi connectivity index (χ1v) is 3.67. The highest BCUT2D eigenvalue weighted by molar-refractivity contribution is 4.46. The summed E-state index contributed by atoms with van der Waals surface area (Å²) in [4.78, 5) is 4.89. The normalized spacial score (nSPS) is 10.2. The lowest BCUT2D eigenvalue weighted by Gasteiger charge is -2.03. The van der Waals surface area contributed by atoms with Crippen LogP contribution in [0.3, 0.4) is 0 Å². The lowest BCUT2D eigenvalue weighted by Crippen LogP contribution is -2.30. The van der Waals surface area contributed by atoms with E-state index >= 15 is 0 Å². The van der Waals surface area contributed by atoms with Crippen LogP contribution in [0.1, 0.15) is 6.92 Å². The Bertz CT molecular complexity index is 53.0. The van der Waals surface area contributed by atoms with Gasteiger partial charge < -0.3 is 15.9 Å². The Labute approximate surface area is 62.1 Å². The maximum atomic E-state index is 5.26. The molecule has 4 N–H and O–H groups in total. The first kappa shape index (κ1) is 9.84. The van der Waals surface area contributed by atoms with Crippen LogP contribution in [0.5, 0.6) is 0 Å². The second-order valence-corrected chi connectivity index (χ2v) is 1.87. The predicted molar refractivity (Wildman–Crippen MR) is 41.6 cm³/mol. The fourth-order valence-corrected chi connectivity index (χ4v) is 0.541. The van der Waals surface area contributed by atoms with Crippen molar-refractivity contribution in [1.82, 2.24) is 10.8 Å². The summed E-state index contributed by atoms with van der Waals surface area (Å²) in [6.07, 6.45) is 0. The van der Waals surface area contributed by atoms with Gasteiger partial charge in [0, 0.05) is 26.2 Å². The van der Waals surface area contributed by atoms with Crippen molar-refractivity contribution in [3.63, 3.8) is 0 Å². The smallest absolute Gasteiger partial charge is 0.0653 e. The average molecular weight is 147 g/mol. The summed E-state index contributed by atoms with van der Waals surface area (Å²) in [5.74, 6) is 0. The second kappa shape index (κ2) is 8.84. The molecule has 0 aromatic carbocycles. The van der Waals surface area contributed by atoms with Crippen LogP contribution in [0.4, 0.5) is 0 Å². The van der Waals surface area contributed by atoms with Crippen LogP contribution in [0.15, 0.2) is 0 Å². The Morgan fingerprint density at radius 1 is 1.30 bits per heavy atom. The Hall–Kier alpha value is -0.160. The SMILES string of the molecule is CCONCCNCCN. The maximum absolute atomic E-state index is 5.26. The molecule has 0 bridgehead atoms. The van der Waals surface area contributed by atoms with Crippen molar-refractivity contribution in [2.45, 2.75) is 6.92 Å². The zero-order valence-electron chi connectivity index (χ0n) is 6.52.